The number of anilines is 1. The molecule has 1 heterocycles. The molecule has 3 aromatic carbocycles. The molecule has 38 heavy (non-hydrogen) atoms. The van der Waals surface area contributed by atoms with Crippen molar-refractivity contribution >= 4 is 28.3 Å². The van der Waals surface area contributed by atoms with E-state index in [2.05, 4.69) is 0 Å². The summed E-state index contributed by atoms with van der Waals surface area (Å²) in [5.41, 5.74) is 1.22. The lowest BCUT2D eigenvalue weighted by Gasteiger charge is -2.36. The largest absolute Gasteiger partial charge is 0.464 e. The molecule has 1 aliphatic heterocycles. The third-order valence-electron chi connectivity index (χ3n) is 7.76. The van der Waals surface area contributed by atoms with Gasteiger partial charge in [-0.15, -0.1) is 0 Å². The lowest BCUT2D eigenvalue weighted by atomic mass is 9.77. The zero-order chi connectivity index (χ0) is 26.6. The molecule has 3 aromatic rings. The maximum Gasteiger partial charge on any atom is 0.328 e. The third kappa shape index (κ3) is 5.20. The number of rotatable bonds is 8. The van der Waals surface area contributed by atoms with E-state index in [1.54, 1.807) is 26.0 Å². The summed E-state index contributed by atoms with van der Waals surface area (Å²) in [5.74, 6) is -0.594. The summed E-state index contributed by atoms with van der Waals surface area (Å²) in [4.78, 5) is 29.1. The summed E-state index contributed by atoms with van der Waals surface area (Å²) in [6, 6.07) is 18.1. The molecule has 5 rings (SSSR count). The van der Waals surface area contributed by atoms with E-state index in [1.807, 2.05) is 48.5 Å². The van der Waals surface area contributed by atoms with Gasteiger partial charge >= 0.3 is 5.97 Å². The van der Waals surface area contributed by atoms with E-state index in [4.69, 9.17) is 14.2 Å². The number of amides is 1. The van der Waals surface area contributed by atoms with E-state index >= 15 is 0 Å². The first kappa shape index (κ1) is 26.0. The molecular formula is C31H35NO6. The molecule has 1 N–H and O–H groups in total. The van der Waals surface area contributed by atoms with Gasteiger partial charge in [-0.05, 0) is 73.2 Å². The molecule has 7 heteroatoms. The molecule has 0 spiro atoms. The van der Waals surface area contributed by atoms with Crippen molar-refractivity contribution in [2.24, 2.45) is 5.92 Å². The van der Waals surface area contributed by atoms with E-state index in [9.17, 15) is 14.7 Å². The highest BCUT2D eigenvalue weighted by Crippen LogP contribution is 2.40. The monoisotopic (exact) mass is 517 g/mol. The van der Waals surface area contributed by atoms with Gasteiger partial charge in [0.2, 0.25) is 12.7 Å². The molecule has 0 radical (unpaired) electrons. The second-order valence-electron chi connectivity index (χ2n) is 10.1. The van der Waals surface area contributed by atoms with Gasteiger partial charge in [0.1, 0.15) is 6.04 Å². The van der Waals surface area contributed by atoms with Crippen molar-refractivity contribution in [2.45, 2.75) is 64.0 Å². The molecule has 3 atom stereocenters. The highest BCUT2D eigenvalue weighted by atomic mass is 16.7. The molecule has 1 amide bonds. The average Bonchev–Trinajstić information content (AvgIpc) is 3.42. The molecular weight excluding hydrogens is 482 g/mol. The second kappa shape index (κ2) is 11.4. The number of carbonyl (C=O) groups is 2. The Bertz CT molecular complexity index is 1300. The Morgan fingerprint density at radius 1 is 0.974 bits per heavy atom. The Kier molecular flexibility index (Phi) is 7.84. The van der Waals surface area contributed by atoms with Gasteiger partial charge in [0, 0.05) is 5.69 Å². The molecule has 1 saturated carbocycles. The fourth-order valence-corrected chi connectivity index (χ4v) is 5.73. The van der Waals surface area contributed by atoms with E-state index in [0.717, 1.165) is 42.9 Å². The van der Waals surface area contributed by atoms with E-state index < -0.39 is 24.0 Å². The molecule has 0 unspecified atom stereocenters. The Morgan fingerprint density at radius 2 is 1.71 bits per heavy atom. The normalized spacial score (nSPS) is 17.6. The zero-order valence-corrected chi connectivity index (χ0v) is 22.0. The van der Waals surface area contributed by atoms with Crippen molar-refractivity contribution in [3.8, 4) is 11.5 Å². The van der Waals surface area contributed by atoms with Crippen LogP contribution in [0.3, 0.4) is 0 Å². The van der Waals surface area contributed by atoms with Crippen LogP contribution >= 0.6 is 0 Å². The SMILES string of the molecule is CCOC(=O)[C@H](C)N(C(=O)[C@H](c1ccc2c(c1)OCO2)[C@H](O)C1CCCCC1)c1ccc2ccccc2c1. The fourth-order valence-electron chi connectivity index (χ4n) is 5.73. The molecule has 0 aromatic heterocycles. The minimum atomic E-state index is -0.916. The van der Waals surface area contributed by atoms with Gasteiger partial charge in [0.25, 0.3) is 0 Å². The molecule has 7 nitrogen and oxygen atoms in total. The maximum absolute atomic E-state index is 14.6. The summed E-state index contributed by atoms with van der Waals surface area (Å²) < 4.78 is 16.4. The minimum Gasteiger partial charge on any atom is -0.464 e. The molecule has 200 valence electrons. The third-order valence-corrected chi connectivity index (χ3v) is 7.76. The Labute approximate surface area is 223 Å². The van der Waals surface area contributed by atoms with E-state index in [1.165, 1.54) is 4.90 Å². The van der Waals surface area contributed by atoms with Gasteiger partial charge in [-0.3, -0.25) is 9.69 Å². The topological polar surface area (TPSA) is 85.3 Å². The lowest BCUT2D eigenvalue weighted by molar-refractivity contribution is -0.145. The Balaban J connectivity index is 1.60. The van der Waals surface area contributed by atoms with Crippen LogP contribution in [0.1, 0.15) is 57.4 Å². The fraction of sp³-hybridized carbons (Fsp3) is 0.419. The predicted octanol–water partition coefficient (Wildman–Crippen LogP) is 5.58. The van der Waals surface area contributed by atoms with Crippen LogP contribution in [0, 0.1) is 5.92 Å². The first-order chi connectivity index (χ1) is 18.5. The van der Waals surface area contributed by atoms with Crippen LogP contribution in [0.4, 0.5) is 5.69 Å². The van der Waals surface area contributed by atoms with Crippen molar-refractivity contribution in [3.05, 3.63) is 66.2 Å². The van der Waals surface area contributed by atoms with Crippen LogP contribution in [0.2, 0.25) is 0 Å². The number of hydrogen-bond donors (Lipinski definition) is 1. The van der Waals surface area contributed by atoms with Crippen LogP contribution in [0.5, 0.6) is 11.5 Å². The van der Waals surface area contributed by atoms with Gasteiger partial charge in [-0.25, -0.2) is 4.79 Å². The molecule has 1 fully saturated rings. The second-order valence-corrected chi connectivity index (χ2v) is 10.1. The molecule has 1 aliphatic carbocycles. The van der Waals surface area contributed by atoms with Crippen LogP contribution < -0.4 is 14.4 Å². The van der Waals surface area contributed by atoms with Gasteiger partial charge in [0.15, 0.2) is 11.5 Å². The van der Waals surface area contributed by atoms with Gasteiger partial charge < -0.3 is 19.3 Å². The Morgan fingerprint density at radius 3 is 2.47 bits per heavy atom. The number of esters is 1. The standard InChI is InChI=1S/C31H35NO6/c1-3-36-31(35)20(2)32(25-15-13-21-9-7-8-12-23(21)17-25)30(34)28(29(33)22-10-5-4-6-11-22)24-14-16-26-27(18-24)38-19-37-26/h7-9,12-18,20,22,28-29,33H,3-6,10-11,19H2,1-2H3/t20-,28+,29+/m0/s1. The van der Waals surface area contributed by atoms with Crippen molar-refractivity contribution in [2.75, 3.05) is 18.3 Å². The zero-order valence-electron chi connectivity index (χ0n) is 22.0. The number of nitrogens with zero attached hydrogens (tertiary/aromatic N) is 1. The number of aliphatic hydroxyl groups is 1. The van der Waals surface area contributed by atoms with Crippen LogP contribution in [-0.4, -0.2) is 42.5 Å². The highest BCUT2D eigenvalue weighted by Gasteiger charge is 2.41. The number of hydrogen-bond acceptors (Lipinski definition) is 6. The van der Waals surface area contributed by atoms with Crippen LogP contribution in [0.25, 0.3) is 10.8 Å². The first-order valence-corrected chi connectivity index (χ1v) is 13.5. The smallest absolute Gasteiger partial charge is 0.328 e. The van der Waals surface area contributed by atoms with Gasteiger partial charge in [-0.2, -0.15) is 0 Å². The molecule has 2 aliphatic rings. The summed E-state index contributed by atoms with van der Waals surface area (Å²) in [7, 11) is 0. The lowest BCUT2D eigenvalue weighted by Crippen LogP contribution is -2.49. The highest BCUT2D eigenvalue weighted by molar-refractivity contribution is 6.04. The predicted molar refractivity (Wildman–Crippen MR) is 145 cm³/mol. The molecule has 0 saturated heterocycles. The average molecular weight is 518 g/mol. The number of fused-ring (bicyclic) bond motifs is 2. The summed E-state index contributed by atoms with van der Waals surface area (Å²) in [6.07, 6.45) is 3.99. The number of ether oxygens (including phenoxy) is 3. The van der Waals surface area contributed by atoms with Gasteiger partial charge in [-0.1, -0.05) is 55.7 Å². The number of carbonyl (C=O) groups excluding carboxylic acids is 2. The summed E-state index contributed by atoms with van der Waals surface area (Å²) in [6.45, 7) is 3.74. The quantitative estimate of drug-likeness (QED) is 0.393. The summed E-state index contributed by atoms with van der Waals surface area (Å²) in [5, 5.41) is 13.7. The Hall–Kier alpha value is -3.58. The first-order valence-electron chi connectivity index (χ1n) is 13.5. The van der Waals surface area contributed by atoms with Crippen molar-refractivity contribution in [3.63, 3.8) is 0 Å². The number of benzene rings is 3. The van der Waals surface area contributed by atoms with Crippen molar-refractivity contribution in [1.29, 1.82) is 0 Å². The van der Waals surface area contributed by atoms with E-state index in [0.29, 0.717) is 22.7 Å². The van der Waals surface area contributed by atoms with Crippen molar-refractivity contribution < 1.29 is 28.9 Å². The minimum absolute atomic E-state index is 0.0144. The van der Waals surface area contributed by atoms with Crippen LogP contribution in [-0.2, 0) is 14.3 Å². The molecule has 0 bridgehead atoms. The van der Waals surface area contributed by atoms with E-state index in [-0.39, 0.29) is 25.2 Å². The maximum atomic E-state index is 14.6. The van der Waals surface area contributed by atoms with Crippen molar-refractivity contribution in [1.82, 2.24) is 0 Å². The van der Waals surface area contributed by atoms with Crippen LogP contribution in [0.15, 0.2) is 60.7 Å². The number of aliphatic hydroxyl groups excluding tert-OH is 1. The van der Waals surface area contributed by atoms with Gasteiger partial charge in [0.05, 0.1) is 18.6 Å². The summed E-state index contributed by atoms with van der Waals surface area (Å²) >= 11 is 0.